The number of carbonyl (C=O) groups excluding carboxylic acids is 2. The minimum atomic E-state index is -1.41. The topological polar surface area (TPSA) is 149 Å². The molecule has 20 heavy (non-hydrogen) atoms. The van der Waals surface area contributed by atoms with E-state index in [2.05, 4.69) is 20.4 Å². The molecule has 1 rings (SSSR count). The van der Waals surface area contributed by atoms with Crippen molar-refractivity contribution in [2.75, 3.05) is 6.61 Å². The number of hydrogen-bond acceptors (Lipinski definition) is 7. The number of esters is 1. The van der Waals surface area contributed by atoms with Crippen LogP contribution in [0.4, 0.5) is 0 Å². The summed E-state index contributed by atoms with van der Waals surface area (Å²) in [4.78, 5) is 33.2. The number of aliphatic carboxylic acids is 1. The Hall–Kier alpha value is -2.49. The van der Waals surface area contributed by atoms with Crippen LogP contribution in [0.1, 0.15) is 12.6 Å². The Balaban J connectivity index is 2.46. The predicted octanol–water partition coefficient (Wildman–Crippen LogP) is -2.13. The van der Waals surface area contributed by atoms with Gasteiger partial charge < -0.3 is 20.9 Å². The number of carboxylic acid groups (broad SMARTS) is 1. The molecule has 0 spiro atoms. The summed E-state index contributed by atoms with van der Waals surface area (Å²) in [5.41, 5.74) is 5.72. The second kappa shape index (κ2) is 7.19. The molecular formula is C10H15N5O5. The smallest absolute Gasteiger partial charge is 0.332 e. The molecule has 0 aliphatic heterocycles. The molecule has 1 aromatic rings. The summed E-state index contributed by atoms with van der Waals surface area (Å²) < 4.78 is 5.71. The average molecular weight is 285 g/mol. The van der Waals surface area contributed by atoms with Crippen molar-refractivity contribution in [2.24, 2.45) is 5.73 Å². The molecule has 0 aliphatic carbocycles. The number of carboxylic acids is 1. The first-order valence-corrected chi connectivity index (χ1v) is 5.74. The zero-order valence-corrected chi connectivity index (χ0v) is 10.8. The SMILES string of the molecule is CCOC(=O)C(N)C(=O)NCc1cn(CC(=O)O)nn1. The Morgan fingerprint density at radius 3 is 2.85 bits per heavy atom. The van der Waals surface area contributed by atoms with Gasteiger partial charge in [0.05, 0.1) is 19.3 Å². The van der Waals surface area contributed by atoms with Crippen LogP contribution in [0.25, 0.3) is 0 Å². The highest BCUT2D eigenvalue weighted by molar-refractivity contribution is 6.01. The minimum Gasteiger partial charge on any atom is -0.480 e. The average Bonchev–Trinajstić information content (AvgIpc) is 2.82. The van der Waals surface area contributed by atoms with E-state index in [1.165, 1.54) is 6.20 Å². The maximum absolute atomic E-state index is 11.5. The van der Waals surface area contributed by atoms with Crippen molar-refractivity contribution >= 4 is 17.8 Å². The number of nitrogens with zero attached hydrogens (tertiary/aromatic N) is 3. The van der Waals surface area contributed by atoms with Crippen molar-refractivity contribution in [3.8, 4) is 0 Å². The Bertz CT molecular complexity index is 500. The van der Waals surface area contributed by atoms with E-state index in [9.17, 15) is 14.4 Å². The fourth-order valence-corrected chi connectivity index (χ4v) is 1.26. The molecule has 0 fully saturated rings. The number of carbonyl (C=O) groups is 3. The molecule has 0 bridgehead atoms. The fourth-order valence-electron chi connectivity index (χ4n) is 1.26. The van der Waals surface area contributed by atoms with Gasteiger partial charge in [-0.05, 0) is 6.92 Å². The Labute approximate surface area is 113 Å². The molecule has 10 nitrogen and oxygen atoms in total. The van der Waals surface area contributed by atoms with E-state index in [0.29, 0.717) is 5.69 Å². The lowest BCUT2D eigenvalue weighted by Crippen LogP contribution is -2.46. The van der Waals surface area contributed by atoms with Crippen LogP contribution in [0.5, 0.6) is 0 Å². The van der Waals surface area contributed by atoms with Crippen molar-refractivity contribution in [3.63, 3.8) is 0 Å². The molecule has 1 amide bonds. The van der Waals surface area contributed by atoms with Gasteiger partial charge in [0.2, 0.25) is 5.91 Å². The first-order chi connectivity index (χ1) is 9.43. The first-order valence-electron chi connectivity index (χ1n) is 5.74. The van der Waals surface area contributed by atoms with Crippen molar-refractivity contribution in [1.29, 1.82) is 0 Å². The van der Waals surface area contributed by atoms with Crippen LogP contribution < -0.4 is 11.1 Å². The molecule has 4 N–H and O–H groups in total. The lowest BCUT2D eigenvalue weighted by atomic mass is 10.3. The molecule has 1 heterocycles. The highest BCUT2D eigenvalue weighted by Gasteiger charge is 2.23. The second-order valence-corrected chi connectivity index (χ2v) is 3.75. The number of nitrogens with one attached hydrogen (secondary N) is 1. The van der Waals surface area contributed by atoms with Crippen LogP contribution in [0.3, 0.4) is 0 Å². The third kappa shape index (κ3) is 4.65. The summed E-state index contributed by atoms with van der Waals surface area (Å²) in [5, 5.41) is 18.1. The largest absolute Gasteiger partial charge is 0.480 e. The highest BCUT2D eigenvalue weighted by atomic mass is 16.5. The van der Waals surface area contributed by atoms with Crippen LogP contribution in [0, 0.1) is 0 Å². The standard InChI is InChI=1S/C10H15N5O5/c1-2-20-10(19)8(11)9(18)12-3-6-4-15(14-13-6)5-7(16)17/h4,8H,2-3,5,11H2,1H3,(H,12,18)(H,16,17). The molecule has 0 saturated heterocycles. The number of ether oxygens (including phenoxy) is 1. The number of nitrogens with two attached hydrogens (primary N) is 1. The van der Waals surface area contributed by atoms with Gasteiger partial charge in [0.1, 0.15) is 12.2 Å². The van der Waals surface area contributed by atoms with Gasteiger partial charge in [0.25, 0.3) is 0 Å². The Morgan fingerprint density at radius 2 is 2.25 bits per heavy atom. The van der Waals surface area contributed by atoms with Gasteiger partial charge in [-0.25, -0.2) is 9.48 Å². The maximum atomic E-state index is 11.5. The van der Waals surface area contributed by atoms with E-state index in [-0.39, 0.29) is 19.7 Å². The molecule has 1 unspecified atom stereocenters. The number of rotatable bonds is 7. The van der Waals surface area contributed by atoms with E-state index < -0.39 is 23.9 Å². The normalized spacial score (nSPS) is 11.7. The maximum Gasteiger partial charge on any atom is 0.332 e. The molecule has 1 atom stereocenters. The monoisotopic (exact) mass is 285 g/mol. The van der Waals surface area contributed by atoms with Crippen molar-refractivity contribution in [3.05, 3.63) is 11.9 Å². The summed E-state index contributed by atoms with van der Waals surface area (Å²) >= 11 is 0. The number of aromatic nitrogens is 3. The van der Waals surface area contributed by atoms with Gasteiger partial charge in [-0.15, -0.1) is 5.10 Å². The fraction of sp³-hybridized carbons (Fsp3) is 0.500. The van der Waals surface area contributed by atoms with Crippen LogP contribution in [-0.2, 0) is 32.2 Å². The van der Waals surface area contributed by atoms with Gasteiger partial charge >= 0.3 is 11.9 Å². The lowest BCUT2D eigenvalue weighted by molar-refractivity contribution is -0.148. The Kier molecular flexibility index (Phi) is 5.59. The van der Waals surface area contributed by atoms with E-state index in [1.807, 2.05) is 0 Å². The van der Waals surface area contributed by atoms with E-state index in [0.717, 1.165) is 4.68 Å². The quantitative estimate of drug-likeness (QED) is 0.380. The van der Waals surface area contributed by atoms with E-state index >= 15 is 0 Å². The summed E-state index contributed by atoms with van der Waals surface area (Å²) in [6.07, 6.45) is 1.37. The third-order valence-electron chi connectivity index (χ3n) is 2.15. The number of amides is 1. The van der Waals surface area contributed by atoms with Crippen LogP contribution in [0.15, 0.2) is 6.20 Å². The van der Waals surface area contributed by atoms with Crippen molar-refractivity contribution in [2.45, 2.75) is 26.1 Å². The van der Waals surface area contributed by atoms with Crippen LogP contribution in [-0.4, -0.2) is 50.6 Å². The van der Waals surface area contributed by atoms with Crippen molar-refractivity contribution in [1.82, 2.24) is 20.3 Å². The minimum absolute atomic E-state index is 0.0223. The van der Waals surface area contributed by atoms with Gasteiger partial charge in [-0.3, -0.25) is 9.59 Å². The Morgan fingerprint density at radius 1 is 1.55 bits per heavy atom. The molecule has 0 aromatic carbocycles. The van der Waals surface area contributed by atoms with Gasteiger partial charge in [0.15, 0.2) is 6.04 Å². The van der Waals surface area contributed by atoms with E-state index in [4.69, 9.17) is 10.8 Å². The molecule has 0 radical (unpaired) electrons. The molecule has 10 heteroatoms. The molecule has 0 saturated carbocycles. The summed E-state index contributed by atoms with van der Waals surface area (Å²) in [6.45, 7) is 1.38. The molecule has 1 aromatic heterocycles. The summed E-state index contributed by atoms with van der Waals surface area (Å²) in [7, 11) is 0. The van der Waals surface area contributed by atoms with Gasteiger partial charge in [-0.2, -0.15) is 0 Å². The predicted molar refractivity (Wildman–Crippen MR) is 64.1 cm³/mol. The van der Waals surface area contributed by atoms with E-state index in [1.54, 1.807) is 6.92 Å². The first kappa shape index (κ1) is 15.6. The second-order valence-electron chi connectivity index (χ2n) is 3.75. The van der Waals surface area contributed by atoms with Crippen LogP contribution >= 0.6 is 0 Å². The molecule has 0 aliphatic rings. The van der Waals surface area contributed by atoms with Crippen LogP contribution in [0.2, 0.25) is 0 Å². The summed E-state index contributed by atoms with van der Waals surface area (Å²) in [5.74, 6) is -2.59. The molecular weight excluding hydrogens is 270 g/mol. The third-order valence-corrected chi connectivity index (χ3v) is 2.15. The van der Waals surface area contributed by atoms with Gasteiger partial charge in [0, 0.05) is 0 Å². The molecule has 110 valence electrons. The number of hydrogen-bond donors (Lipinski definition) is 3. The lowest BCUT2D eigenvalue weighted by Gasteiger charge is -2.09. The van der Waals surface area contributed by atoms with Gasteiger partial charge in [-0.1, -0.05) is 5.21 Å². The zero-order chi connectivity index (χ0) is 15.1. The zero-order valence-electron chi connectivity index (χ0n) is 10.8. The van der Waals surface area contributed by atoms with Crippen molar-refractivity contribution < 1.29 is 24.2 Å². The highest BCUT2D eigenvalue weighted by Crippen LogP contribution is 1.94. The summed E-state index contributed by atoms with van der Waals surface area (Å²) in [6, 6.07) is -1.41.